The predicted molar refractivity (Wildman–Crippen MR) is 100 cm³/mol. The standard InChI is InChI=1S/C22H17NO2/c24-22-15-20(18-11-5-2-6-12-18)19-13-7-8-14-21(19)23(22)25-16-17-9-3-1-4-10-17/h1-15H,16H2. The summed E-state index contributed by atoms with van der Waals surface area (Å²) in [6.45, 7) is 0.343. The molecule has 3 aromatic carbocycles. The Morgan fingerprint density at radius 3 is 2.16 bits per heavy atom. The first-order valence-corrected chi connectivity index (χ1v) is 8.20. The van der Waals surface area contributed by atoms with Gasteiger partial charge in [-0.15, -0.1) is 4.73 Å². The van der Waals surface area contributed by atoms with Crippen LogP contribution in [-0.4, -0.2) is 4.73 Å². The van der Waals surface area contributed by atoms with Crippen molar-refractivity contribution in [3.05, 3.63) is 107 Å². The molecule has 1 heterocycles. The van der Waals surface area contributed by atoms with Gasteiger partial charge in [-0.05, 0) is 22.8 Å². The van der Waals surface area contributed by atoms with Crippen LogP contribution in [-0.2, 0) is 6.61 Å². The fraction of sp³-hybridized carbons (Fsp3) is 0.0455. The van der Waals surface area contributed by atoms with Crippen LogP contribution in [0.15, 0.2) is 95.8 Å². The molecular weight excluding hydrogens is 310 g/mol. The number of nitrogens with zero attached hydrogens (tertiary/aromatic N) is 1. The first-order valence-electron chi connectivity index (χ1n) is 8.20. The highest BCUT2D eigenvalue weighted by molar-refractivity contribution is 5.94. The first kappa shape index (κ1) is 15.2. The molecule has 0 aliphatic heterocycles. The molecule has 0 N–H and O–H groups in total. The van der Waals surface area contributed by atoms with Crippen LogP contribution < -0.4 is 10.4 Å². The van der Waals surface area contributed by atoms with Gasteiger partial charge in [-0.25, -0.2) is 0 Å². The van der Waals surface area contributed by atoms with Crippen molar-refractivity contribution in [2.45, 2.75) is 6.61 Å². The highest BCUT2D eigenvalue weighted by Crippen LogP contribution is 2.26. The highest BCUT2D eigenvalue weighted by Gasteiger charge is 2.11. The zero-order chi connectivity index (χ0) is 17.1. The van der Waals surface area contributed by atoms with Crippen molar-refractivity contribution in [2.24, 2.45) is 0 Å². The van der Waals surface area contributed by atoms with Crippen molar-refractivity contribution >= 4 is 10.9 Å². The van der Waals surface area contributed by atoms with Crippen LogP contribution in [0.5, 0.6) is 0 Å². The number of benzene rings is 3. The van der Waals surface area contributed by atoms with E-state index in [1.165, 1.54) is 4.73 Å². The van der Waals surface area contributed by atoms with E-state index in [0.29, 0.717) is 6.61 Å². The van der Waals surface area contributed by atoms with Crippen LogP contribution in [0, 0.1) is 0 Å². The van der Waals surface area contributed by atoms with Crippen molar-refractivity contribution in [3.63, 3.8) is 0 Å². The molecule has 0 atom stereocenters. The van der Waals surface area contributed by atoms with Gasteiger partial charge in [0.2, 0.25) is 0 Å². The Balaban J connectivity index is 1.81. The van der Waals surface area contributed by atoms with Crippen molar-refractivity contribution in [1.29, 1.82) is 0 Å². The fourth-order valence-electron chi connectivity index (χ4n) is 2.96. The molecule has 0 amide bonds. The zero-order valence-electron chi connectivity index (χ0n) is 13.6. The second kappa shape index (κ2) is 6.65. The molecule has 0 unspecified atom stereocenters. The molecule has 0 radical (unpaired) electrons. The van der Waals surface area contributed by atoms with Gasteiger partial charge in [0, 0.05) is 11.5 Å². The van der Waals surface area contributed by atoms with Gasteiger partial charge in [0.25, 0.3) is 5.56 Å². The van der Waals surface area contributed by atoms with Gasteiger partial charge in [0.15, 0.2) is 0 Å². The molecule has 122 valence electrons. The van der Waals surface area contributed by atoms with E-state index < -0.39 is 0 Å². The lowest BCUT2D eigenvalue weighted by Gasteiger charge is -2.14. The van der Waals surface area contributed by atoms with Crippen molar-refractivity contribution in [2.75, 3.05) is 0 Å². The Hall–Kier alpha value is -3.33. The van der Waals surface area contributed by atoms with Crippen LogP contribution in [0.25, 0.3) is 22.0 Å². The number of hydrogen-bond donors (Lipinski definition) is 0. The number of aromatic nitrogens is 1. The molecule has 0 saturated heterocycles. The summed E-state index contributed by atoms with van der Waals surface area (Å²) < 4.78 is 1.38. The van der Waals surface area contributed by atoms with E-state index in [1.807, 2.05) is 84.9 Å². The van der Waals surface area contributed by atoms with Gasteiger partial charge in [0.1, 0.15) is 6.61 Å². The average molecular weight is 327 g/mol. The van der Waals surface area contributed by atoms with Crippen LogP contribution in [0.2, 0.25) is 0 Å². The third-order valence-electron chi connectivity index (χ3n) is 4.17. The molecule has 3 nitrogen and oxygen atoms in total. The minimum Gasteiger partial charge on any atom is -0.405 e. The molecular formula is C22H17NO2. The van der Waals surface area contributed by atoms with Gasteiger partial charge < -0.3 is 4.84 Å². The predicted octanol–water partition coefficient (Wildman–Crippen LogP) is 4.30. The van der Waals surface area contributed by atoms with Gasteiger partial charge in [-0.1, -0.05) is 78.9 Å². The summed E-state index contributed by atoms with van der Waals surface area (Å²) in [5.74, 6) is 0. The topological polar surface area (TPSA) is 31.2 Å². The van der Waals surface area contributed by atoms with E-state index in [1.54, 1.807) is 6.07 Å². The van der Waals surface area contributed by atoms with Gasteiger partial charge in [-0.3, -0.25) is 4.79 Å². The van der Waals surface area contributed by atoms with Crippen LogP contribution in [0.4, 0.5) is 0 Å². The Labute approximate surface area is 145 Å². The lowest BCUT2D eigenvalue weighted by atomic mass is 10.0. The Morgan fingerprint density at radius 1 is 0.760 bits per heavy atom. The first-order chi connectivity index (χ1) is 12.3. The molecule has 4 aromatic rings. The molecule has 0 aliphatic rings. The summed E-state index contributed by atoms with van der Waals surface area (Å²) in [5.41, 5.74) is 3.55. The van der Waals surface area contributed by atoms with E-state index in [2.05, 4.69) is 0 Å². The summed E-state index contributed by atoms with van der Waals surface area (Å²) in [5, 5.41) is 0.987. The van der Waals surface area contributed by atoms with Crippen molar-refractivity contribution in [1.82, 2.24) is 4.73 Å². The molecule has 0 aliphatic carbocycles. The van der Waals surface area contributed by atoms with E-state index >= 15 is 0 Å². The monoisotopic (exact) mass is 327 g/mol. The number of pyridine rings is 1. The molecule has 4 rings (SSSR count). The lowest BCUT2D eigenvalue weighted by Crippen LogP contribution is -2.26. The van der Waals surface area contributed by atoms with Gasteiger partial charge in [0.05, 0.1) is 5.52 Å². The molecule has 3 heteroatoms. The zero-order valence-corrected chi connectivity index (χ0v) is 13.6. The number of para-hydroxylation sites is 1. The van der Waals surface area contributed by atoms with Crippen LogP contribution in [0.3, 0.4) is 0 Å². The van der Waals surface area contributed by atoms with E-state index in [9.17, 15) is 4.79 Å². The summed E-state index contributed by atoms with van der Waals surface area (Å²) in [6.07, 6.45) is 0. The Morgan fingerprint density at radius 2 is 1.40 bits per heavy atom. The summed E-state index contributed by atoms with van der Waals surface area (Å²) in [6, 6.07) is 29.2. The summed E-state index contributed by atoms with van der Waals surface area (Å²) in [4.78, 5) is 18.5. The maximum Gasteiger partial charge on any atom is 0.284 e. The molecule has 0 fully saturated rings. The minimum atomic E-state index is -0.173. The van der Waals surface area contributed by atoms with Crippen molar-refractivity contribution < 1.29 is 4.84 Å². The van der Waals surface area contributed by atoms with Gasteiger partial charge >= 0.3 is 0 Å². The fourth-order valence-corrected chi connectivity index (χ4v) is 2.96. The smallest absolute Gasteiger partial charge is 0.284 e. The quantitative estimate of drug-likeness (QED) is 0.560. The largest absolute Gasteiger partial charge is 0.405 e. The number of fused-ring (bicyclic) bond motifs is 1. The molecule has 25 heavy (non-hydrogen) atoms. The third-order valence-corrected chi connectivity index (χ3v) is 4.17. The number of hydrogen-bond acceptors (Lipinski definition) is 2. The van der Waals surface area contributed by atoms with E-state index in [4.69, 9.17) is 4.84 Å². The maximum atomic E-state index is 12.7. The van der Waals surface area contributed by atoms with E-state index in [-0.39, 0.29) is 5.56 Å². The molecule has 0 saturated carbocycles. The molecule has 1 aromatic heterocycles. The number of rotatable bonds is 4. The normalized spacial score (nSPS) is 10.7. The van der Waals surface area contributed by atoms with Crippen molar-refractivity contribution in [3.8, 4) is 11.1 Å². The van der Waals surface area contributed by atoms with Crippen LogP contribution in [0.1, 0.15) is 5.56 Å². The second-order valence-electron chi connectivity index (χ2n) is 5.83. The molecule has 0 bridgehead atoms. The molecule has 0 spiro atoms. The summed E-state index contributed by atoms with van der Waals surface area (Å²) >= 11 is 0. The minimum absolute atomic E-state index is 0.173. The van der Waals surface area contributed by atoms with E-state index in [0.717, 1.165) is 27.6 Å². The van der Waals surface area contributed by atoms with Crippen LogP contribution >= 0.6 is 0 Å². The SMILES string of the molecule is O=c1cc(-c2ccccc2)c2ccccc2n1OCc1ccccc1. The maximum absolute atomic E-state index is 12.7. The Bertz CT molecular complexity index is 1050. The third kappa shape index (κ3) is 3.04. The highest BCUT2D eigenvalue weighted by atomic mass is 16.7. The van der Waals surface area contributed by atoms with Gasteiger partial charge in [-0.2, -0.15) is 0 Å². The Kier molecular flexibility index (Phi) is 4.05. The lowest BCUT2D eigenvalue weighted by molar-refractivity contribution is 0.0993. The summed E-state index contributed by atoms with van der Waals surface area (Å²) in [7, 11) is 0. The second-order valence-corrected chi connectivity index (χ2v) is 5.83. The average Bonchev–Trinajstić information content (AvgIpc) is 2.68.